The van der Waals surface area contributed by atoms with Crippen LogP contribution in [0.1, 0.15) is 10.4 Å². The van der Waals surface area contributed by atoms with Gasteiger partial charge in [-0.1, -0.05) is 11.6 Å². The molecule has 1 aromatic rings. The summed E-state index contributed by atoms with van der Waals surface area (Å²) in [5.41, 5.74) is -0.0282. The van der Waals surface area contributed by atoms with Crippen LogP contribution >= 0.6 is 11.6 Å². The molecule has 0 unspecified atom stereocenters. The van der Waals surface area contributed by atoms with E-state index in [0.29, 0.717) is 0 Å². The van der Waals surface area contributed by atoms with E-state index in [1.54, 1.807) is 0 Å². The smallest absolute Gasteiger partial charge is 0.337 e. The lowest BCUT2D eigenvalue weighted by Gasteiger charge is -2.08. The van der Waals surface area contributed by atoms with Gasteiger partial charge in [-0.3, -0.25) is 0 Å². The van der Waals surface area contributed by atoms with Gasteiger partial charge in [0, 0.05) is 12.7 Å². The number of hydrogen-bond donors (Lipinski definition) is 2. The zero-order valence-electron chi connectivity index (χ0n) is 9.20. The molecule has 0 bridgehead atoms. The molecule has 0 aliphatic rings. The number of carbonyl (C=O) groups is 1. The number of alkyl halides is 2. The minimum absolute atomic E-state index is 0.0282. The Balaban J connectivity index is 2.41. The van der Waals surface area contributed by atoms with Crippen LogP contribution in [0.5, 0.6) is 0 Å². The minimum Gasteiger partial charge on any atom is -0.478 e. The Kier molecular flexibility index (Phi) is 5.73. The molecule has 0 aliphatic heterocycles. The number of nitrogens with zero attached hydrogens (tertiary/aromatic N) is 1. The van der Waals surface area contributed by atoms with Crippen LogP contribution < -0.4 is 5.32 Å². The summed E-state index contributed by atoms with van der Waals surface area (Å²) < 4.78 is 28.1. The van der Waals surface area contributed by atoms with Crippen LogP contribution in [0.3, 0.4) is 0 Å². The second-order valence-corrected chi connectivity index (χ2v) is 3.66. The number of rotatable bonds is 7. The summed E-state index contributed by atoms with van der Waals surface area (Å²) in [5.74, 6) is -0.849. The quantitative estimate of drug-likeness (QED) is 0.749. The number of halogens is 3. The van der Waals surface area contributed by atoms with E-state index in [0.717, 1.165) is 6.20 Å². The van der Waals surface area contributed by atoms with Gasteiger partial charge in [0.15, 0.2) is 0 Å². The number of nitrogens with one attached hydrogen (secondary N) is 1. The molecule has 2 N–H and O–H groups in total. The van der Waals surface area contributed by atoms with Gasteiger partial charge < -0.3 is 15.2 Å². The number of pyridine rings is 1. The molecule has 0 aliphatic carbocycles. The molecule has 0 saturated heterocycles. The summed E-state index contributed by atoms with van der Waals surface area (Å²) in [4.78, 5) is 14.4. The molecule has 18 heavy (non-hydrogen) atoms. The number of anilines is 1. The second kappa shape index (κ2) is 7.07. The number of carboxylic acids is 1. The summed E-state index contributed by atoms with van der Waals surface area (Å²) in [6, 6.07) is 1.25. The Morgan fingerprint density at radius 1 is 1.61 bits per heavy atom. The van der Waals surface area contributed by atoms with Crippen molar-refractivity contribution in [3.8, 4) is 0 Å². The fourth-order valence-electron chi connectivity index (χ4n) is 1.10. The number of hydrogen-bond acceptors (Lipinski definition) is 4. The number of ether oxygens (including phenoxy) is 1. The lowest BCUT2D eigenvalue weighted by Crippen LogP contribution is -2.14. The Bertz CT molecular complexity index is 418. The van der Waals surface area contributed by atoms with Crippen molar-refractivity contribution < 1.29 is 23.4 Å². The maximum absolute atomic E-state index is 11.7. The molecule has 0 atom stereocenters. The Morgan fingerprint density at radius 3 is 2.89 bits per heavy atom. The predicted octanol–water partition coefficient (Wildman–Crippen LogP) is 2.13. The van der Waals surface area contributed by atoms with Crippen molar-refractivity contribution in [1.29, 1.82) is 0 Å². The summed E-state index contributed by atoms with van der Waals surface area (Å²) in [6.07, 6.45) is -1.35. The van der Waals surface area contributed by atoms with Crippen LogP contribution in [0.15, 0.2) is 12.3 Å². The maximum atomic E-state index is 11.7. The van der Waals surface area contributed by atoms with E-state index >= 15 is 0 Å². The molecule has 0 fully saturated rings. The minimum atomic E-state index is -2.50. The summed E-state index contributed by atoms with van der Waals surface area (Å²) in [6.45, 7) is -0.310. The van der Waals surface area contributed by atoms with Gasteiger partial charge in [-0.05, 0) is 6.07 Å². The fourth-order valence-corrected chi connectivity index (χ4v) is 1.33. The predicted molar refractivity (Wildman–Crippen MR) is 61.5 cm³/mol. The molecule has 0 spiro atoms. The third kappa shape index (κ3) is 4.80. The maximum Gasteiger partial charge on any atom is 0.337 e. The zero-order chi connectivity index (χ0) is 13.5. The highest BCUT2D eigenvalue weighted by Gasteiger charge is 2.08. The van der Waals surface area contributed by atoms with Crippen LogP contribution in [0.25, 0.3) is 0 Å². The van der Waals surface area contributed by atoms with E-state index in [2.05, 4.69) is 15.0 Å². The zero-order valence-corrected chi connectivity index (χ0v) is 9.95. The fraction of sp³-hybridized carbons (Fsp3) is 0.400. The summed E-state index contributed by atoms with van der Waals surface area (Å²) in [7, 11) is 0. The Labute approximate surface area is 107 Å². The third-order valence-corrected chi connectivity index (χ3v) is 2.16. The van der Waals surface area contributed by atoms with Crippen LogP contribution in [0.2, 0.25) is 5.02 Å². The van der Waals surface area contributed by atoms with E-state index in [9.17, 15) is 13.6 Å². The van der Waals surface area contributed by atoms with Crippen molar-refractivity contribution in [3.05, 3.63) is 22.8 Å². The van der Waals surface area contributed by atoms with Gasteiger partial charge in [0.1, 0.15) is 12.4 Å². The Morgan fingerprint density at radius 2 is 2.33 bits per heavy atom. The monoisotopic (exact) mass is 280 g/mol. The normalized spacial score (nSPS) is 10.7. The molecule has 5 nitrogen and oxygen atoms in total. The molecule has 0 aromatic carbocycles. The van der Waals surface area contributed by atoms with Gasteiger partial charge in [0.2, 0.25) is 0 Å². The van der Waals surface area contributed by atoms with Crippen molar-refractivity contribution in [2.75, 3.05) is 25.1 Å². The second-order valence-electron chi connectivity index (χ2n) is 3.25. The first kappa shape index (κ1) is 14.6. The largest absolute Gasteiger partial charge is 0.478 e. The van der Waals surface area contributed by atoms with E-state index in [1.165, 1.54) is 6.07 Å². The first-order valence-electron chi connectivity index (χ1n) is 4.99. The van der Waals surface area contributed by atoms with Crippen LogP contribution in [-0.2, 0) is 4.74 Å². The lowest BCUT2D eigenvalue weighted by atomic mass is 10.3. The van der Waals surface area contributed by atoms with Gasteiger partial charge in [-0.2, -0.15) is 0 Å². The molecular formula is C10H11ClF2N2O3. The molecule has 1 heterocycles. The molecule has 0 saturated carbocycles. The SMILES string of the molecule is O=C(O)c1cnc(NCCOCC(F)F)c(Cl)c1. The molecule has 1 aromatic heterocycles. The average Bonchev–Trinajstić information content (AvgIpc) is 2.29. The lowest BCUT2D eigenvalue weighted by molar-refractivity contribution is 0.0215. The molecular weight excluding hydrogens is 270 g/mol. The molecule has 8 heteroatoms. The highest BCUT2D eigenvalue weighted by molar-refractivity contribution is 6.33. The van der Waals surface area contributed by atoms with Crippen LogP contribution in [0, 0.1) is 0 Å². The first-order valence-corrected chi connectivity index (χ1v) is 5.37. The molecule has 0 amide bonds. The first-order chi connectivity index (χ1) is 8.50. The number of aromatic carboxylic acids is 1. The van der Waals surface area contributed by atoms with E-state index in [-0.39, 0.29) is 29.6 Å². The van der Waals surface area contributed by atoms with Gasteiger partial charge >= 0.3 is 5.97 Å². The number of aromatic nitrogens is 1. The highest BCUT2D eigenvalue weighted by atomic mass is 35.5. The topological polar surface area (TPSA) is 71.5 Å². The molecule has 1 rings (SSSR count). The van der Waals surface area contributed by atoms with E-state index in [4.69, 9.17) is 16.7 Å². The third-order valence-electron chi connectivity index (χ3n) is 1.87. The van der Waals surface area contributed by atoms with Crippen LogP contribution in [-0.4, -0.2) is 42.2 Å². The van der Waals surface area contributed by atoms with Gasteiger partial charge in [-0.25, -0.2) is 18.6 Å². The standard InChI is InChI=1S/C10H11ClF2N2O3/c11-7-3-6(10(16)17)4-15-9(7)14-1-2-18-5-8(12)13/h3-4,8H,1-2,5H2,(H,14,15)(H,16,17). The van der Waals surface area contributed by atoms with Crippen molar-refractivity contribution in [2.45, 2.75) is 6.43 Å². The van der Waals surface area contributed by atoms with E-state index < -0.39 is 19.0 Å². The van der Waals surface area contributed by atoms with Crippen molar-refractivity contribution in [2.24, 2.45) is 0 Å². The average molecular weight is 281 g/mol. The highest BCUT2D eigenvalue weighted by Crippen LogP contribution is 2.19. The number of carboxylic acid groups (broad SMARTS) is 1. The summed E-state index contributed by atoms with van der Waals surface area (Å²) >= 11 is 5.79. The Hall–Kier alpha value is -1.47. The van der Waals surface area contributed by atoms with Gasteiger partial charge in [0.05, 0.1) is 17.2 Å². The van der Waals surface area contributed by atoms with Gasteiger partial charge in [0.25, 0.3) is 6.43 Å². The van der Waals surface area contributed by atoms with E-state index in [1.807, 2.05) is 0 Å². The van der Waals surface area contributed by atoms with Crippen molar-refractivity contribution in [1.82, 2.24) is 4.98 Å². The molecule has 100 valence electrons. The van der Waals surface area contributed by atoms with Crippen molar-refractivity contribution >= 4 is 23.4 Å². The molecule has 0 radical (unpaired) electrons. The van der Waals surface area contributed by atoms with Crippen molar-refractivity contribution in [3.63, 3.8) is 0 Å². The van der Waals surface area contributed by atoms with Gasteiger partial charge in [-0.15, -0.1) is 0 Å². The van der Waals surface area contributed by atoms with Crippen LogP contribution in [0.4, 0.5) is 14.6 Å². The summed E-state index contributed by atoms with van der Waals surface area (Å²) in [5, 5.41) is 11.6.